The highest BCUT2D eigenvalue weighted by molar-refractivity contribution is 7.79. The van der Waals surface area contributed by atoms with E-state index in [0.29, 0.717) is 56.2 Å². The first-order chi connectivity index (χ1) is 16.0. The van der Waals surface area contributed by atoms with E-state index in [9.17, 15) is 13.6 Å². The molecule has 0 aliphatic carbocycles. The van der Waals surface area contributed by atoms with Gasteiger partial charge in [-0.25, -0.2) is 4.21 Å². The predicted molar refractivity (Wildman–Crippen MR) is 125 cm³/mol. The van der Waals surface area contributed by atoms with Gasteiger partial charge in [-0.05, 0) is 30.2 Å². The first-order valence-corrected chi connectivity index (χ1v) is 11.9. The molecule has 0 radical (unpaired) electrons. The Labute approximate surface area is 195 Å². The molecule has 1 saturated heterocycles. The fourth-order valence-electron chi connectivity index (χ4n) is 4.10. The molecule has 1 aliphatic rings. The standard InChI is InChI=1S/C24H27N3O5S/c1-3-19-22(24(28)26-11-13-32-14-12-26)25-27(16-17-7-6-8-18(15-17)31-2)23(19)20-9-4-5-10-21(20)33(29)30/h4-10,15H,3,11-14,16H2,1-2H3,(H,29,30). The molecule has 2 aromatic carbocycles. The van der Waals surface area contributed by atoms with Gasteiger partial charge in [0.25, 0.3) is 5.91 Å². The first kappa shape index (κ1) is 23.2. The van der Waals surface area contributed by atoms with E-state index < -0.39 is 11.1 Å². The van der Waals surface area contributed by atoms with Crippen molar-refractivity contribution in [2.75, 3.05) is 33.4 Å². The molecule has 2 heterocycles. The highest BCUT2D eigenvalue weighted by atomic mass is 32.2. The summed E-state index contributed by atoms with van der Waals surface area (Å²) in [5.74, 6) is 0.571. The van der Waals surface area contributed by atoms with E-state index in [2.05, 4.69) is 0 Å². The van der Waals surface area contributed by atoms with Gasteiger partial charge in [-0.15, -0.1) is 0 Å². The first-order valence-electron chi connectivity index (χ1n) is 10.8. The zero-order chi connectivity index (χ0) is 23.4. The average molecular weight is 470 g/mol. The molecule has 4 rings (SSSR count). The molecule has 1 N–H and O–H groups in total. The normalized spacial score (nSPS) is 14.8. The van der Waals surface area contributed by atoms with Crippen molar-refractivity contribution in [3.8, 4) is 17.0 Å². The molecule has 0 bridgehead atoms. The smallest absolute Gasteiger partial charge is 0.274 e. The summed E-state index contributed by atoms with van der Waals surface area (Å²) in [6, 6.07) is 14.6. The molecule has 1 amide bonds. The van der Waals surface area contributed by atoms with E-state index in [1.807, 2.05) is 37.3 Å². The lowest BCUT2D eigenvalue weighted by molar-refractivity contribution is 0.0298. The lowest BCUT2D eigenvalue weighted by atomic mass is 10.0. The lowest BCUT2D eigenvalue weighted by Crippen LogP contribution is -2.41. The molecule has 1 atom stereocenters. The number of amides is 1. The fourth-order valence-corrected chi connectivity index (χ4v) is 4.64. The second-order valence-corrected chi connectivity index (χ2v) is 8.63. The highest BCUT2D eigenvalue weighted by Crippen LogP contribution is 2.33. The quantitative estimate of drug-likeness (QED) is 0.534. The van der Waals surface area contributed by atoms with Gasteiger partial charge in [0.1, 0.15) is 5.75 Å². The summed E-state index contributed by atoms with van der Waals surface area (Å²) in [7, 11) is 1.61. The fraction of sp³-hybridized carbons (Fsp3) is 0.333. The van der Waals surface area contributed by atoms with Crippen LogP contribution in [0.2, 0.25) is 0 Å². The number of carbonyl (C=O) groups excluding carboxylic acids is 1. The molecule has 1 aromatic heterocycles. The summed E-state index contributed by atoms with van der Waals surface area (Å²) in [4.78, 5) is 15.4. The number of nitrogens with zero attached hydrogens (tertiary/aromatic N) is 3. The summed E-state index contributed by atoms with van der Waals surface area (Å²) in [6.45, 7) is 4.36. The number of aromatic nitrogens is 2. The number of carbonyl (C=O) groups is 1. The zero-order valence-electron chi connectivity index (χ0n) is 18.7. The van der Waals surface area contributed by atoms with Crippen molar-refractivity contribution in [1.29, 1.82) is 0 Å². The van der Waals surface area contributed by atoms with Crippen LogP contribution in [0.3, 0.4) is 0 Å². The minimum atomic E-state index is -2.19. The Balaban J connectivity index is 1.87. The van der Waals surface area contributed by atoms with E-state index >= 15 is 0 Å². The number of ether oxygens (including phenoxy) is 2. The van der Waals surface area contributed by atoms with Gasteiger partial charge in [0.15, 0.2) is 16.8 Å². The van der Waals surface area contributed by atoms with Crippen LogP contribution in [0.25, 0.3) is 11.3 Å². The van der Waals surface area contributed by atoms with Crippen molar-refractivity contribution in [2.45, 2.75) is 24.8 Å². The molecule has 1 unspecified atom stereocenters. The number of hydrogen-bond donors (Lipinski definition) is 1. The molecule has 174 valence electrons. The van der Waals surface area contributed by atoms with Crippen LogP contribution in [0.4, 0.5) is 0 Å². The zero-order valence-corrected chi connectivity index (χ0v) is 19.5. The maximum atomic E-state index is 13.4. The molecule has 33 heavy (non-hydrogen) atoms. The van der Waals surface area contributed by atoms with E-state index in [1.165, 1.54) is 0 Å². The Morgan fingerprint density at radius 1 is 1.18 bits per heavy atom. The van der Waals surface area contributed by atoms with Crippen LogP contribution in [-0.2, 0) is 28.8 Å². The molecule has 1 fully saturated rings. The van der Waals surface area contributed by atoms with Crippen LogP contribution in [-0.4, -0.2) is 62.8 Å². The minimum Gasteiger partial charge on any atom is -0.497 e. The van der Waals surface area contributed by atoms with Crippen molar-refractivity contribution in [3.63, 3.8) is 0 Å². The van der Waals surface area contributed by atoms with E-state index in [4.69, 9.17) is 14.6 Å². The molecule has 8 nitrogen and oxygen atoms in total. The monoisotopic (exact) mass is 469 g/mol. The van der Waals surface area contributed by atoms with Crippen molar-refractivity contribution in [3.05, 3.63) is 65.4 Å². The Bertz CT molecular complexity index is 1170. The summed E-state index contributed by atoms with van der Waals surface area (Å²) >= 11 is -2.19. The summed E-state index contributed by atoms with van der Waals surface area (Å²) in [5.41, 5.74) is 3.33. The number of methoxy groups -OCH3 is 1. The second kappa shape index (κ2) is 10.3. The van der Waals surface area contributed by atoms with E-state index in [-0.39, 0.29) is 10.8 Å². The molecular weight excluding hydrogens is 442 g/mol. The number of morpholine rings is 1. The Hall–Kier alpha value is -3.01. The van der Waals surface area contributed by atoms with Crippen LogP contribution in [0, 0.1) is 0 Å². The van der Waals surface area contributed by atoms with Crippen LogP contribution in [0.15, 0.2) is 53.4 Å². The Kier molecular flexibility index (Phi) is 7.22. The maximum Gasteiger partial charge on any atom is 0.274 e. The van der Waals surface area contributed by atoms with E-state index in [1.54, 1.807) is 34.9 Å². The molecule has 9 heteroatoms. The van der Waals surface area contributed by atoms with Gasteiger partial charge in [-0.3, -0.25) is 9.48 Å². The van der Waals surface area contributed by atoms with Crippen LogP contribution >= 0.6 is 0 Å². The topological polar surface area (TPSA) is 93.9 Å². The highest BCUT2D eigenvalue weighted by Gasteiger charge is 2.29. The van der Waals surface area contributed by atoms with Crippen molar-refractivity contribution in [2.24, 2.45) is 0 Å². The lowest BCUT2D eigenvalue weighted by Gasteiger charge is -2.26. The third-order valence-electron chi connectivity index (χ3n) is 5.70. The molecular formula is C24H27N3O5S. The van der Waals surface area contributed by atoms with Crippen molar-refractivity contribution < 1.29 is 23.0 Å². The van der Waals surface area contributed by atoms with Gasteiger partial charge >= 0.3 is 0 Å². The summed E-state index contributed by atoms with van der Waals surface area (Å²) in [5, 5.41) is 4.75. The number of rotatable bonds is 7. The molecule has 1 aliphatic heterocycles. The van der Waals surface area contributed by atoms with Crippen LogP contribution < -0.4 is 4.74 Å². The summed E-state index contributed by atoms with van der Waals surface area (Å²) < 4.78 is 34.5. The third kappa shape index (κ3) is 4.85. The van der Waals surface area contributed by atoms with Gasteiger partial charge < -0.3 is 18.9 Å². The molecule has 3 aromatic rings. The summed E-state index contributed by atoms with van der Waals surface area (Å²) in [6.07, 6.45) is 0.547. The third-order valence-corrected chi connectivity index (χ3v) is 6.43. The maximum absolute atomic E-state index is 13.4. The second-order valence-electron chi connectivity index (χ2n) is 7.69. The van der Waals surface area contributed by atoms with E-state index in [0.717, 1.165) is 16.9 Å². The van der Waals surface area contributed by atoms with Crippen LogP contribution in [0.1, 0.15) is 28.5 Å². The SMILES string of the molecule is CCc1c(C(=O)N2CCOCC2)nn(Cc2cccc(OC)c2)c1-c1ccccc1S(=O)O. The average Bonchev–Trinajstić information content (AvgIpc) is 3.21. The van der Waals surface area contributed by atoms with Crippen molar-refractivity contribution in [1.82, 2.24) is 14.7 Å². The largest absolute Gasteiger partial charge is 0.497 e. The molecule has 0 spiro atoms. The Morgan fingerprint density at radius 2 is 1.94 bits per heavy atom. The number of benzene rings is 2. The van der Waals surface area contributed by atoms with Gasteiger partial charge in [-0.2, -0.15) is 5.10 Å². The van der Waals surface area contributed by atoms with Gasteiger partial charge in [0.05, 0.1) is 37.5 Å². The van der Waals surface area contributed by atoms with Gasteiger partial charge in [0, 0.05) is 24.2 Å². The van der Waals surface area contributed by atoms with Gasteiger partial charge in [-0.1, -0.05) is 37.3 Å². The van der Waals surface area contributed by atoms with Gasteiger partial charge in [0.2, 0.25) is 0 Å². The van der Waals surface area contributed by atoms with Crippen LogP contribution in [0.5, 0.6) is 5.75 Å². The molecule has 0 saturated carbocycles. The minimum absolute atomic E-state index is 0.150. The number of hydrogen-bond acceptors (Lipinski definition) is 5. The van der Waals surface area contributed by atoms with Crippen molar-refractivity contribution >= 4 is 17.0 Å². The predicted octanol–water partition coefficient (Wildman–Crippen LogP) is 3.22. The Morgan fingerprint density at radius 3 is 2.64 bits per heavy atom.